The second-order valence-corrected chi connectivity index (χ2v) is 4.90. The lowest BCUT2D eigenvalue weighted by Gasteiger charge is -2.20. The molecule has 0 bridgehead atoms. The van der Waals surface area contributed by atoms with Gasteiger partial charge in [-0.25, -0.2) is 0 Å². The summed E-state index contributed by atoms with van der Waals surface area (Å²) in [4.78, 5) is 0. The van der Waals surface area contributed by atoms with Crippen molar-refractivity contribution in [1.29, 1.82) is 0 Å². The first-order valence-corrected chi connectivity index (χ1v) is 6.68. The molecule has 3 nitrogen and oxygen atoms in total. The number of ether oxygens (including phenoxy) is 1. The maximum atomic E-state index is 12.1. The zero-order chi connectivity index (χ0) is 16.2. The Bertz CT molecular complexity index is 585. The normalized spacial score (nSPS) is 14.4. The van der Waals surface area contributed by atoms with Crippen LogP contribution >= 0.6 is 0 Å². The number of alkyl halides is 3. The van der Waals surface area contributed by atoms with E-state index in [0.717, 1.165) is 5.56 Å². The van der Waals surface area contributed by atoms with Crippen molar-refractivity contribution in [2.45, 2.75) is 24.9 Å². The van der Waals surface area contributed by atoms with Crippen molar-refractivity contribution in [1.82, 2.24) is 0 Å². The molecule has 2 aromatic carbocycles. The molecule has 0 radical (unpaired) electrons. The van der Waals surface area contributed by atoms with Crippen molar-refractivity contribution >= 4 is 0 Å². The van der Waals surface area contributed by atoms with Crippen LogP contribution in [0.5, 0.6) is 5.75 Å². The molecule has 22 heavy (non-hydrogen) atoms. The van der Waals surface area contributed by atoms with Crippen LogP contribution in [0.15, 0.2) is 54.6 Å². The quantitative estimate of drug-likeness (QED) is 0.891. The van der Waals surface area contributed by atoms with Crippen LogP contribution in [0.4, 0.5) is 13.2 Å². The number of hydrogen-bond acceptors (Lipinski definition) is 3. The summed E-state index contributed by atoms with van der Waals surface area (Å²) in [7, 11) is 0. The average molecular weight is 311 g/mol. The highest BCUT2D eigenvalue weighted by molar-refractivity contribution is 5.30. The highest BCUT2D eigenvalue weighted by Crippen LogP contribution is 2.25. The molecule has 3 N–H and O–H groups in total. The van der Waals surface area contributed by atoms with Crippen LogP contribution in [0.3, 0.4) is 0 Å². The van der Waals surface area contributed by atoms with Crippen molar-refractivity contribution in [3.8, 4) is 5.75 Å². The highest BCUT2D eigenvalue weighted by atomic mass is 19.4. The van der Waals surface area contributed by atoms with E-state index in [1.165, 1.54) is 24.3 Å². The number of nitrogens with two attached hydrogens (primary N) is 1. The number of rotatable bonds is 5. The van der Waals surface area contributed by atoms with Crippen molar-refractivity contribution in [2.75, 3.05) is 0 Å². The summed E-state index contributed by atoms with van der Waals surface area (Å²) < 4.78 is 40.0. The predicted molar refractivity (Wildman–Crippen MR) is 76.2 cm³/mol. The van der Waals surface area contributed by atoms with Crippen molar-refractivity contribution in [2.24, 2.45) is 5.73 Å². The van der Waals surface area contributed by atoms with Gasteiger partial charge in [-0.15, -0.1) is 13.2 Å². The first-order valence-electron chi connectivity index (χ1n) is 6.68. The van der Waals surface area contributed by atoms with Crippen LogP contribution in [0.1, 0.15) is 17.2 Å². The zero-order valence-electron chi connectivity index (χ0n) is 11.6. The Morgan fingerprint density at radius 2 is 1.59 bits per heavy atom. The third-order valence-corrected chi connectivity index (χ3v) is 3.20. The van der Waals surface area contributed by atoms with Crippen LogP contribution in [0.25, 0.3) is 0 Å². The van der Waals surface area contributed by atoms with Crippen LogP contribution in [-0.2, 0) is 6.42 Å². The lowest BCUT2D eigenvalue weighted by atomic mass is 9.97. The van der Waals surface area contributed by atoms with Crippen LogP contribution in [0.2, 0.25) is 0 Å². The Morgan fingerprint density at radius 3 is 2.14 bits per heavy atom. The monoisotopic (exact) mass is 311 g/mol. The van der Waals surface area contributed by atoms with Gasteiger partial charge in [0, 0.05) is 6.42 Å². The first kappa shape index (κ1) is 16.3. The summed E-state index contributed by atoms with van der Waals surface area (Å²) >= 11 is 0. The van der Waals surface area contributed by atoms with E-state index in [-0.39, 0.29) is 5.75 Å². The topological polar surface area (TPSA) is 55.5 Å². The molecule has 2 aromatic rings. The van der Waals surface area contributed by atoms with Crippen molar-refractivity contribution in [3.05, 3.63) is 65.7 Å². The Morgan fingerprint density at radius 1 is 1.00 bits per heavy atom. The van der Waals surface area contributed by atoms with E-state index in [1.54, 1.807) is 0 Å². The third kappa shape index (κ3) is 4.75. The Hall–Kier alpha value is -2.05. The maximum Gasteiger partial charge on any atom is 0.573 e. The fraction of sp³-hybridized carbons (Fsp3) is 0.250. The van der Waals surface area contributed by atoms with E-state index < -0.39 is 18.5 Å². The van der Waals surface area contributed by atoms with Gasteiger partial charge in [0.05, 0.1) is 12.1 Å². The van der Waals surface area contributed by atoms with Gasteiger partial charge in [-0.1, -0.05) is 42.5 Å². The van der Waals surface area contributed by atoms with Crippen molar-refractivity contribution in [3.63, 3.8) is 0 Å². The second kappa shape index (κ2) is 6.81. The SMILES string of the molecule is N[C@H](c1ccc(OC(F)(F)F)cc1)[C@@H](O)Cc1ccccc1. The summed E-state index contributed by atoms with van der Waals surface area (Å²) in [6.07, 6.45) is -5.20. The largest absolute Gasteiger partial charge is 0.573 e. The summed E-state index contributed by atoms with van der Waals surface area (Å²) in [5, 5.41) is 10.1. The third-order valence-electron chi connectivity index (χ3n) is 3.20. The van der Waals surface area contributed by atoms with Gasteiger partial charge in [0.15, 0.2) is 0 Å². The molecule has 6 heteroatoms. The standard InChI is InChI=1S/C16H16F3NO2/c17-16(18,19)22-13-8-6-12(7-9-13)15(20)14(21)10-11-4-2-1-3-5-11/h1-9,14-15,21H,10,20H2/t14-,15+/m0/s1. The molecule has 0 unspecified atom stereocenters. The molecule has 0 aliphatic rings. The molecule has 0 aliphatic heterocycles. The van der Waals surface area contributed by atoms with E-state index in [1.807, 2.05) is 30.3 Å². The minimum atomic E-state index is -4.73. The smallest absolute Gasteiger partial charge is 0.406 e. The number of hydrogen-bond donors (Lipinski definition) is 2. The summed E-state index contributed by atoms with van der Waals surface area (Å²) in [6.45, 7) is 0. The Kier molecular flexibility index (Phi) is 5.05. The van der Waals surface area contributed by atoms with Crippen molar-refractivity contribution < 1.29 is 23.0 Å². The van der Waals surface area contributed by atoms with E-state index in [4.69, 9.17) is 5.73 Å². The Labute approximate surface area is 126 Å². The van der Waals surface area contributed by atoms with E-state index in [9.17, 15) is 18.3 Å². The number of benzene rings is 2. The number of halogens is 3. The molecular weight excluding hydrogens is 295 g/mol. The molecule has 0 fully saturated rings. The summed E-state index contributed by atoms with van der Waals surface area (Å²) in [6, 6.07) is 13.8. The molecule has 0 aromatic heterocycles. The second-order valence-electron chi connectivity index (χ2n) is 4.90. The fourth-order valence-electron chi connectivity index (χ4n) is 2.10. The molecule has 2 atom stereocenters. The number of aliphatic hydroxyl groups is 1. The molecule has 0 saturated heterocycles. The fourth-order valence-corrected chi connectivity index (χ4v) is 2.10. The highest BCUT2D eigenvalue weighted by Gasteiger charge is 2.31. The van der Waals surface area contributed by atoms with E-state index in [2.05, 4.69) is 4.74 Å². The maximum absolute atomic E-state index is 12.1. The molecule has 0 aliphatic carbocycles. The van der Waals surface area contributed by atoms with Gasteiger partial charge >= 0.3 is 6.36 Å². The van der Waals surface area contributed by atoms with Gasteiger partial charge in [0.25, 0.3) is 0 Å². The van der Waals surface area contributed by atoms with Gasteiger partial charge in [-0.05, 0) is 23.3 Å². The zero-order valence-corrected chi connectivity index (χ0v) is 11.6. The molecule has 0 spiro atoms. The van der Waals surface area contributed by atoms with E-state index >= 15 is 0 Å². The molecule has 0 amide bonds. The molecule has 0 saturated carbocycles. The predicted octanol–water partition coefficient (Wildman–Crippen LogP) is 3.19. The van der Waals surface area contributed by atoms with Gasteiger partial charge < -0.3 is 15.6 Å². The minimum Gasteiger partial charge on any atom is -0.406 e. The summed E-state index contributed by atoms with van der Waals surface area (Å²) in [5.74, 6) is -0.319. The summed E-state index contributed by atoms with van der Waals surface area (Å²) in [5.41, 5.74) is 7.42. The number of aliphatic hydroxyl groups excluding tert-OH is 1. The minimum absolute atomic E-state index is 0.319. The van der Waals surface area contributed by atoms with Gasteiger partial charge in [-0.3, -0.25) is 0 Å². The molecule has 0 heterocycles. The lowest BCUT2D eigenvalue weighted by molar-refractivity contribution is -0.274. The lowest BCUT2D eigenvalue weighted by Crippen LogP contribution is -2.28. The first-order chi connectivity index (χ1) is 10.3. The van der Waals surface area contributed by atoms with E-state index in [0.29, 0.717) is 12.0 Å². The molecule has 2 rings (SSSR count). The van der Waals surface area contributed by atoms with Gasteiger partial charge in [0.2, 0.25) is 0 Å². The Balaban J connectivity index is 2.01. The van der Waals surface area contributed by atoms with Crippen LogP contribution in [0, 0.1) is 0 Å². The molecule has 118 valence electrons. The van der Waals surface area contributed by atoms with Crippen LogP contribution < -0.4 is 10.5 Å². The molecular formula is C16H16F3NO2. The average Bonchev–Trinajstić information content (AvgIpc) is 2.46. The van der Waals surface area contributed by atoms with Gasteiger partial charge in [0.1, 0.15) is 5.75 Å². The van der Waals surface area contributed by atoms with Gasteiger partial charge in [-0.2, -0.15) is 0 Å². The van der Waals surface area contributed by atoms with Crippen LogP contribution in [-0.4, -0.2) is 17.6 Å².